The van der Waals surface area contributed by atoms with Crippen molar-refractivity contribution >= 4 is 11.4 Å². The fourth-order valence-electron chi connectivity index (χ4n) is 3.52. The second-order valence-corrected chi connectivity index (χ2v) is 6.87. The molecule has 4 nitrogen and oxygen atoms in total. The molecule has 24 heavy (non-hydrogen) atoms. The van der Waals surface area contributed by atoms with Gasteiger partial charge >= 0.3 is 0 Å². The summed E-state index contributed by atoms with van der Waals surface area (Å²) in [5, 5.41) is 3.53. The van der Waals surface area contributed by atoms with Gasteiger partial charge in [-0.15, -0.1) is 0 Å². The van der Waals surface area contributed by atoms with E-state index in [1.807, 2.05) is 0 Å². The summed E-state index contributed by atoms with van der Waals surface area (Å²) in [7, 11) is 2.17. The topological polar surface area (TPSA) is 27.7 Å². The molecule has 1 fully saturated rings. The van der Waals surface area contributed by atoms with Crippen molar-refractivity contribution in [3.8, 4) is 0 Å². The van der Waals surface area contributed by atoms with Gasteiger partial charge in [-0.05, 0) is 48.0 Å². The number of benzene rings is 2. The van der Waals surface area contributed by atoms with Crippen LogP contribution in [0.5, 0.6) is 0 Å². The summed E-state index contributed by atoms with van der Waals surface area (Å²) in [5.41, 5.74) is 6.56. The van der Waals surface area contributed by atoms with Crippen LogP contribution in [0.25, 0.3) is 0 Å². The second-order valence-electron chi connectivity index (χ2n) is 6.87. The van der Waals surface area contributed by atoms with Crippen LogP contribution in [0.1, 0.15) is 16.7 Å². The molecule has 0 aliphatic carbocycles. The number of nitrogens with one attached hydrogen (secondary N) is 1. The molecule has 2 aromatic rings. The Kier molecular flexibility index (Phi) is 4.52. The van der Waals surface area contributed by atoms with Crippen LogP contribution in [-0.2, 0) is 24.4 Å². The zero-order valence-corrected chi connectivity index (χ0v) is 14.3. The van der Waals surface area contributed by atoms with E-state index in [1.54, 1.807) is 0 Å². The summed E-state index contributed by atoms with van der Waals surface area (Å²) in [4.78, 5) is 4.79. The third-order valence-electron chi connectivity index (χ3n) is 4.84. The quantitative estimate of drug-likeness (QED) is 0.935. The predicted molar refractivity (Wildman–Crippen MR) is 97.4 cm³/mol. The molecule has 0 spiro atoms. The first-order valence-electron chi connectivity index (χ1n) is 8.73. The van der Waals surface area contributed by atoms with Crippen molar-refractivity contribution in [1.82, 2.24) is 9.80 Å². The lowest BCUT2D eigenvalue weighted by Gasteiger charge is -2.26. The molecule has 2 aliphatic heterocycles. The van der Waals surface area contributed by atoms with Crippen LogP contribution in [0.15, 0.2) is 42.5 Å². The molecule has 0 atom stereocenters. The molecule has 1 N–H and O–H groups in total. The Bertz CT molecular complexity index is 693. The molecule has 0 aromatic heterocycles. The van der Waals surface area contributed by atoms with Gasteiger partial charge in [0.2, 0.25) is 0 Å². The van der Waals surface area contributed by atoms with Crippen LogP contribution in [0.4, 0.5) is 11.4 Å². The van der Waals surface area contributed by atoms with Crippen molar-refractivity contribution in [3.05, 3.63) is 59.2 Å². The summed E-state index contributed by atoms with van der Waals surface area (Å²) in [6.07, 6.45) is 0. The first-order chi connectivity index (χ1) is 11.8. The van der Waals surface area contributed by atoms with E-state index in [4.69, 9.17) is 4.74 Å². The highest BCUT2D eigenvalue weighted by atomic mass is 16.5. The van der Waals surface area contributed by atoms with Gasteiger partial charge in [0.15, 0.2) is 0 Å². The zero-order chi connectivity index (χ0) is 16.4. The molecule has 4 rings (SSSR count). The number of morpholine rings is 1. The molecule has 1 saturated heterocycles. The number of nitrogens with zero attached hydrogens (tertiary/aromatic N) is 2. The Morgan fingerprint density at radius 2 is 1.62 bits per heavy atom. The van der Waals surface area contributed by atoms with Crippen LogP contribution in [0, 0.1) is 0 Å². The highest BCUT2D eigenvalue weighted by molar-refractivity contribution is 5.61. The molecule has 4 heteroatoms. The third-order valence-corrected chi connectivity index (χ3v) is 4.84. The van der Waals surface area contributed by atoms with E-state index < -0.39 is 0 Å². The maximum Gasteiger partial charge on any atom is 0.0594 e. The number of rotatable bonds is 4. The average Bonchev–Trinajstić information content (AvgIpc) is 2.97. The molecule has 0 radical (unpaired) electrons. The zero-order valence-electron chi connectivity index (χ0n) is 14.3. The highest BCUT2D eigenvalue weighted by Gasteiger charge is 2.15. The van der Waals surface area contributed by atoms with Gasteiger partial charge in [-0.25, -0.2) is 0 Å². The van der Waals surface area contributed by atoms with E-state index in [1.165, 1.54) is 22.4 Å². The van der Waals surface area contributed by atoms with Gasteiger partial charge < -0.3 is 10.1 Å². The van der Waals surface area contributed by atoms with Gasteiger partial charge in [-0.2, -0.15) is 0 Å². The number of hydrogen-bond donors (Lipinski definition) is 1. The SMILES string of the molecule is CN1Cc2ccc(Nc3ccc(CN4CCOCC4)cc3)cc2C1. The summed E-state index contributed by atoms with van der Waals surface area (Å²) >= 11 is 0. The molecular weight excluding hydrogens is 298 g/mol. The monoisotopic (exact) mass is 323 g/mol. The van der Waals surface area contributed by atoms with E-state index in [0.717, 1.165) is 51.6 Å². The largest absolute Gasteiger partial charge is 0.379 e. The van der Waals surface area contributed by atoms with E-state index in [9.17, 15) is 0 Å². The lowest BCUT2D eigenvalue weighted by molar-refractivity contribution is 0.0342. The molecule has 0 bridgehead atoms. The maximum atomic E-state index is 5.41. The molecule has 126 valence electrons. The molecule has 0 saturated carbocycles. The lowest BCUT2D eigenvalue weighted by atomic mass is 10.1. The molecule has 0 unspecified atom stereocenters. The highest BCUT2D eigenvalue weighted by Crippen LogP contribution is 2.26. The van der Waals surface area contributed by atoms with E-state index in [-0.39, 0.29) is 0 Å². The van der Waals surface area contributed by atoms with Crippen molar-refractivity contribution in [3.63, 3.8) is 0 Å². The first-order valence-corrected chi connectivity index (χ1v) is 8.73. The standard InChI is InChI=1S/C20H25N3O/c1-22-14-17-4-7-20(12-18(17)15-22)21-19-5-2-16(3-6-19)13-23-8-10-24-11-9-23/h2-7,12,21H,8-11,13-15H2,1H3. The van der Waals surface area contributed by atoms with Crippen LogP contribution in [0.2, 0.25) is 0 Å². The average molecular weight is 323 g/mol. The minimum atomic E-state index is 0.854. The molecule has 2 heterocycles. The van der Waals surface area contributed by atoms with Gasteiger partial charge in [0.05, 0.1) is 13.2 Å². The Morgan fingerprint density at radius 1 is 0.917 bits per heavy atom. The molecule has 2 aromatic carbocycles. The second kappa shape index (κ2) is 6.93. The van der Waals surface area contributed by atoms with Gasteiger partial charge in [-0.1, -0.05) is 18.2 Å². The van der Waals surface area contributed by atoms with E-state index >= 15 is 0 Å². The van der Waals surface area contributed by atoms with Gasteiger partial charge in [0.25, 0.3) is 0 Å². The van der Waals surface area contributed by atoms with Crippen molar-refractivity contribution in [1.29, 1.82) is 0 Å². The summed E-state index contributed by atoms with van der Waals surface area (Å²) < 4.78 is 5.41. The van der Waals surface area contributed by atoms with Crippen molar-refractivity contribution in [2.75, 3.05) is 38.7 Å². The van der Waals surface area contributed by atoms with Crippen molar-refractivity contribution in [2.45, 2.75) is 19.6 Å². The fraction of sp³-hybridized carbons (Fsp3) is 0.400. The molecule has 2 aliphatic rings. The normalized spacial score (nSPS) is 18.5. The Hall–Kier alpha value is -1.88. The van der Waals surface area contributed by atoms with E-state index in [0.29, 0.717) is 0 Å². The van der Waals surface area contributed by atoms with Gasteiger partial charge in [0, 0.05) is 44.1 Å². The minimum Gasteiger partial charge on any atom is -0.379 e. The number of ether oxygens (including phenoxy) is 1. The van der Waals surface area contributed by atoms with Crippen LogP contribution < -0.4 is 5.32 Å². The summed E-state index contributed by atoms with van der Waals surface area (Å²) in [6.45, 7) is 6.89. The van der Waals surface area contributed by atoms with Crippen molar-refractivity contribution in [2.24, 2.45) is 0 Å². The van der Waals surface area contributed by atoms with Gasteiger partial charge in [-0.3, -0.25) is 9.80 Å². The third kappa shape index (κ3) is 3.61. The molecular formula is C20H25N3O. The van der Waals surface area contributed by atoms with Crippen LogP contribution in [-0.4, -0.2) is 43.2 Å². The number of fused-ring (bicyclic) bond motifs is 1. The predicted octanol–water partition coefficient (Wildman–Crippen LogP) is 3.21. The van der Waals surface area contributed by atoms with E-state index in [2.05, 4.69) is 64.6 Å². The van der Waals surface area contributed by atoms with Crippen molar-refractivity contribution < 1.29 is 4.74 Å². The minimum absolute atomic E-state index is 0.854. The fourth-order valence-corrected chi connectivity index (χ4v) is 3.52. The Labute approximate surface area is 144 Å². The number of anilines is 2. The summed E-state index contributed by atoms with van der Waals surface area (Å²) in [5.74, 6) is 0. The smallest absolute Gasteiger partial charge is 0.0594 e. The van der Waals surface area contributed by atoms with Crippen LogP contribution >= 0.6 is 0 Å². The Morgan fingerprint density at radius 3 is 2.42 bits per heavy atom. The number of hydrogen-bond acceptors (Lipinski definition) is 4. The first kappa shape index (κ1) is 15.6. The van der Waals surface area contributed by atoms with Crippen LogP contribution in [0.3, 0.4) is 0 Å². The summed E-state index contributed by atoms with van der Waals surface area (Å²) in [6, 6.07) is 15.5. The van der Waals surface area contributed by atoms with Gasteiger partial charge in [0.1, 0.15) is 0 Å². The Balaban J connectivity index is 1.39. The lowest BCUT2D eigenvalue weighted by Crippen LogP contribution is -2.35. The maximum absolute atomic E-state index is 5.41. The molecule has 0 amide bonds.